The van der Waals surface area contributed by atoms with E-state index in [2.05, 4.69) is 118 Å². The summed E-state index contributed by atoms with van der Waals surface area (Å²) in [6.45, 7) is 0. The fourth-order valence-corrected chi connectivity index (χ4v) is 6.37. The monoisotopic (exact) mass is 477 g/mol. The number of thiophene rings is 1. The first-order chi connectivity index (χ1) is 15.3. The van der Waals surface area contributed by atoms with Crippen LogP contribution in [0.2, 0.25) is 0 Å². The zero-order chi connectivity index (χ0) is 20.5. The number of nitrogens with zero attached hydrogens (tertiary/aromatic N) is 1. The molecule has 7 rings (SSSR count). The van der Waals surface area contributed by atoms with Crippen LogP contribution in [0.5, 0.6) is 0 Å². The van der Waals surface area contributed by atoms with Gasteiger partial charge in [-0.2, -0.15) is 0 Å². The predicted molar refractivity (Wildman–Crippen MR) is 139 cm³/mol. The molecule has 7 aromatic rings. The van der Waals surface area contributed by atoms with Gasteiger partial charge in [0.15, 0.2) is 0 Å². The minimum Gasteiger partial charge on any atom is -0.309 e. The maximum absolute atomic E-state index is 3.69. The maximum atomic E-state index is 3.69. The second-order valence-electron chi connectivity index (χ2n) is 7.96. The first-order valence-electron chi connectivity index (χ1n) is 10.3. The maximum Gasteiger partial charge on any atom is 0.0547 e. The molecule has 2 heterocycles. The molecule has 0 aliphatic carbocycles. The van der Waals surface area contributed by atoms with E-state index in [1.54, 1.807) is 0 Å². The number of benzene rings is 5. The van der Waals surface area contributed by atoms with E-state index in [4.69, 9.17) is 0 Å². The van der Waals surface area contributed by atoms with Gasteiger partial charge in [0.05, 0.1) is 11.0 Å². The second kappa shape index (κ2) is 6.43. The van der Waals surface area contributed by atoms with E-state index in [1.165, 1.54) is 58.4 Å². The highest BCUT2D eigenvalue weighted by molar-refractivity contribution is 9.10. The van der Waals surface area contributed by atoms with E-state index < -0.39 is 0 Å². The average molecular weight is 478 g/mol. The number of halogens is 1. The summed E-state index contributed by atoms with van der Waals surface area (Å²) in [5.41, 5.74) is 3.66. The van der Waals surface area contributed by atoms with Gasteiger partial charge in [0.1, 0.15) is 0 Å². The van der Waals surface area contributed by atoms with E-state index in [0.717, 1.165) is 4.47 Å². The summed E-state index contributed by atoms with van der Waals surface area (Å²) in [5.74, 6) is 0. The van der Waals surface area contributed by atoms with Crippen LogP contribution >= 0.6 is 27.3 Å². The van der Waals surface area contributed by atoms with Crippen molar-refractivity contribution >= 4 is 80.0 Å². The molecule has 0 amide bonds. The number of aromatic nitrogens is 1. The van der Waals surface area contributed by atoms with Gasteiger partial charge in [0.25, 0.3) is 0 Å². The fraction of sp³-hybridized carbons (Fsp3) is 0. The van der Waals surface area contributed by atoms with E-state index in [-0.39, 0.29) is 0 Å². The fourth-order valence-electron chi connectivity index (χ4n) is 4.89. The van der Waals surface area contributed by atoms with Crippen LogP contribution in [0.25, 0.3) is 58.4 Å². The van der Waals surface area contributed by atoms with Crippen molar-refractivity contribution in [2.24, 2.45) is 0 Å². The van der Waals surface area contributed by atoms with Crippen molar-refractivity contribution in [1.29, 1.82) is 0 Å². The molecule has 5 aromatic carbocycles. The molecule has 146 valence electrons. The van der Waals surface area contributed by atoms with Crippen molar-refractivity contribution in [2.45, 2.75) is 0 Å². The van der Waals surface area contributed by atoms with Crippen LogP contribution in [0.1, 0.15) is 0 Å². The molecule has 0 aliphatic rings. The molecule has 0 aliphatic heterocycles. The number of para-hydroxylation sites is 1. The molecular formula is C28H16BrNS. The Morgan fingerprint density at radius 3 is 2.29 bits per heavy atom. The molecule has 0 radical (unpaired) electrons. The number of fused-ring (bicyclic) bond motifs is 8. The lowest BCUT2D eigenvalue weighted by molar-refractivity contribution is 1.18. The first kappa shape index (κ1) is 17.5. The van der Waals surface area contributed by atoms with Gasteiger partial charge >= 0.3 is 0 Å². The minimum absolute atomic E-state index is 1.10. The molecule has 2 aromatic heterocycles. The number of rotatable bonds is 1. The quantitative estimate of drug-likeness (QED) is 0.222. The Balaban J connectivity index is 1.71. The van der Waals surface area contributed by atoms with Gasteiger partial charge < -0.3 is 4.57 Å². The van der Waals surface area contributed by atoms with Crippen LogP contribution < -0.4 is 0 Å². The van der Waals surface area contributed by atoms with Gasteiger partial charge in [-0.1, -0.05) is 58.4 Å². The van der Waals surface area contributed by atoms with Crippen molar-refractivity contribution in [3.63, 3.8) is 0 Å². The highest BCUT2D eigenvalue weighted by atomic mass is 79.9. The first-order valence-corrected chi connectivity index (χ1v) is 11.9. The summed E-state index contributed by atoms with van der Waals surface area (Å²) < 4.78 is 6.18. The van der Waals surface area contributed by atoms with Gasteiger partial charge in [-0.25, -0.2) is 0 Å². The standard InChI is InChI=1S/C28H16BrNS/c29-18-11-12-24-22(15-18)23-16-21-17(14-25(23)30(24)19-6-2-1-3-7-19)10-13-27-28(21)20-8-4-5-9-26(20)31-27/h1-16H. The molecular weight excluding hydrogens is 462 g/mol. The lowest BCUT2D eigenvalue weighted by Gasteiger charge is -2.08. The summed E-state index contributed by atoms with van der Waals surface area (Å²) in [4.78, 5) is 0. The Kier molecular flexibility index (Phi) is 3.64. The van der Waals surface area contributed by atoms with Crippen molar-refractivity contribution in [2.75, 3.05) is 0 Å². The van der Waals surface area contributed by atoms with Gasteiger partial charge in [0, 0.05) is 41.1 Å². The highest BCUT2D eigenvalue weighted by Gasteiger charge is 2.16. The topological polar surface area (TPSA) is 4.93 Å². The summed E-state index contributed by atoms with van der Waals surface area (Å²) >= 11 is 5.57. The molecule has 0 saturated carbocycles. The molecule has 0 saturated heterocycles. The lowest BCUT2D eigenvalue weighted by atomic mass is 10.0. The number of hydrogen-bond donors (Lipinski definition) is 0. The SMILES string of the molecule is Brc1ccc2c(c1)c1cc3c(ccc4sc5ccccc5c43)cc1n2-c1ccccc1. The highest BCUT2D eigenvalue weighted by Crippen LogP contribution is 2.42. The van der Waals surface area contributed by atoms with Crippen molar-refractivity contribution in [1.82, 2.24) is 4.57 Å². The molecule has 3 heteroatoms. The molecule has 31 heavy (non-hydrogen) atoms. The summed E-state index contributed by atoms with van der Waals surface area (Å²) in [6, 6.07) is 35.3. The molecule has 0 spiro atoms. The minimum atomic E-state index is 1.10. The second-order valence-corrected chi connectivity index (χ2v) is 9.96. The van der Waals surface area contributed by atoms with Gasteiger partial charge in [-0.3, -0.25) is 0 Å². The van der Waals surface area contributed by atoms with E-state index in [0.29, 0.717) is 0 Å². The summed E-state index contributed by atoms with van der Waals surface area (Å²) in [7, 11) is 0. The summed E-state index contributed by atoms with van der Waals surface area (Å²) in [5, 5.41) is 7.88. The van der Waals surface area contributed by atoms with Crippen LogP contribution in [-0.4, -0.2) is 4.57 Å². The zero-order valence-corrected chi connectivity index (χ0v) is 18.9. The average Bonchev–Trinajstić information content (AvgIpc) is 3.33. The van der Waals surface area contributed by atoms with E-state index >= 15 is 0 Å². The third-order valence-electron chi connectivity index (χ3n) is 6.22. The Hall–Kier alpha value is -3.14. The van der Waals surface area contributed by atoms with Gasteiger partial charge in [-0.05, 0) is 65.4 Å². The van der Waals surface area contributed by atoms with E-state index in [9.17, 15) is 0 Å². The predicted octanol–water partition coefficient (Wildman–Crippen LogP) is 9.07. The van der Waals surface area contributed by atoms with Crippen molar-refractivity contribution < 1.29 is 0 Å². The van der Waals surface area contributed by atoms with Crippen LogP contribution in [0.4, 0.5) is 0 Å². The molecule has 0 N–H and O–H groups in total. The van der Waals surface area contributed by atoms with Crippen molar-refractivity contribution in [3.05, 3.63) is 102 Å². The molecule has 0 atom stereocenters. The Morgan fingerprint density at radius 1 is 0.581 bits per heavy atom. The largest absolute Gasteiger partial charge is 0.309 e. The van der Waals surface area contributed by atoms with Gasteiger partial charge in [-0.15, -0.1) is 11.3 Å². The normalized spacial score (nSPS) is 12.0. The molecule has 0 fully saturated rings. The molecule has 0 bridgehead atoms. The smallest absolute Gasteiger partial charge is 0.0547 e. The lowest BCUT2D eigenvalue weighted by Crippen LogP contribution is -1.93. The molecule has 1 nitrogen and oxygen atoms in total. The third-order valence-corrected chi connectivity index (χ3v) is 7.85. The third kappa shape index (κ3) is 2.48. The zero-order valence-electron chi connectivity index (χ0n) is 16.5. The molecule has 0 unspecified atom stereocenters. The van der Waals surface area contributed by atoms with Crippen LogP contribution in [0.3, 0.4) is 0 Å². The van der Waals surface area contributed by atoms with Crippen LogP contribution in [-0.2, 0) is 0 Å². The van der Waals surface area contributed by atoms with Crippen molar-refractivity contribution in [3.8, 4) is 5.69 Å². The number of hydrogen-bond acceptors (Lipinski definition) is 1. The van der Waals surface area contributed by atoms with Crippen LogP contribution in [0.15, 0.2) is 102 Å². The van der Waals surface area contributed by atoms with E-state index in [1.807, 2.05) is 11.3 Å². The Bertz CT molecular complexity index is 1790. The van der Waals surface area contributed by atoms with Crippen LogP contribution in [0, 0.1) is 0 Å². The summed E-state index contributed by atoms with van der Waals surface area (Å²) in [6.07, 6.45) is 0. The Morgan fingerprint density at radius 2 is 1.39 bits per heavy atom. The Labute approximate surface area is 191 Å². The van der Waals surface area contributed by atoms with Gasteiger partial charge in [0.2, 0.25) is 0 Å².